The number of carbonyl (C=O) groups excluding carboxylic acids is 1. The fourth-order valence-electron chi connectivity index (χ4n) is 1.77. The van der Waals surface area contributed by atoms with Gasteiger partial charge in [0.05, 0.1) is 6.61 Å². The molecule has 0 saturated carbocycles. The summed E-state index contributed by atoms with van der Waals surface area (Å²) in [6, 6.07) is 0. The molecule has 2 aromatic heterocycles. The number of aromatic nitrogens is 3. The van der Waals surface area contributed by atoms with Gasteiger partial charge in [-0.2, -0.15) is 0 Å². The van der Waals surface area contributed by atoms with Gasteiger partial charge in [-0.15, -0.1) is 0 Å². The molecule has 2 aromatic rings. The highest BCUT2D eigenvalue weighted by atomic mass is 16.5. The van der Waals surface area contributed by atoms with E-state index < -0.39 is 11.7 Å². The van der Waals surface area contributed by atoms with Crippen molar-refractivity contribution in [3.05, 3.63) is 22.2 Å². The van der Waals surface area contributed by atoms with Crippen LogP contribution in [0.2, 0.25) is 0 Å². The van der Waals surface area contributed by atoms with E-state index in [2.05, 4.69) is 4.98 Å². The van der Waals surface area contributed by atoms with Crippen molar-refractivity contribution in [2.75, 3.05) is 6.61 Å². The Balaban J connectivity index is 2.82. The summed E-state index contributed by atoms with van der Waals surface area (Å²) in [5, 5.41) is 9.73. The fraction of sp³-hybridized carbons (Fsp3) is 0.364. The topological polar surface area (TPSA) is 86.3 Å². The molecule has 7 nitrogen and oxygen atoms in total. The van der Waals surface area contributed by atoms with Gasteiger partial charge in [-0.1, -0.05) is 0 Å². The SMILES string of the molecule is CCOC(=O)n1cnc2c(C)c(O)n(C)c(=O)c21. The Morgan fingerprint density at radius 3 is 2.83 bits per heavy atom. The van der Waals surface area contributed by atoms with Crippen LogP contribution in [0.4, 0.5) is 4.79 Å². The van der Waals surface area contributed by atoms with Crippen LogP contribution in [-0.4, -0.2) is 31.9 Å². The summed E-state index contributed by atoms with van der Waals surface area (Å²) in [6.45, 7) is 3.50. The lowest BCUT2D eigenvalue weighted by atomic mass is 10.2. The Morgan fingerprint density at radius 1 is 1.56 bits per heavy atom. The van der Waals surface area contributed by atoms with Crippen LogP contribution in [0.25, 0.3) is 11.0 Å². The zero-order valence-corrected chi connectivity index (χ0v) is 10.3. The Hall–Kier alpha value is -2.31. The lowest BCUT2D eigenvalue weighted by Crippen LogP contribution is -2.23. The number of aryl methyl sites for hydroxylation is 1. The monoisotopic (exact) mass is 251 g/mol. The third-order valence-electron chi connectivity index (χ3n) is 2.75. The minimum atomic E-state index is -0.665. The Labute approximate surface area is 102 Å². The van der Waals surface area contributed by atoms with Gasteiger partial charge in [-0.05, 0) is 13.8 Å². The molecule has 0 atom stereocenters. The standard InChI is InChI=1S/C11H13N3O4/c1-4-18-11(17)14-5-12-7-6(2)9(15)13(3)10(16)8(7)14/h5,15H,4H2,1-3H3. The van der Waals surface area contributed by atoms with E-state index in [0.29, 0.717) is 11.1 Å². The number of carbonyl (C=O) groups is 1. The molecule has 0 aliphatic heterocycles. The maximum atomic E-state index is 12.0. The largest absolute Gasteiger partial charge is 0.494 e. The van der Waals surface area contributed by atoms with Crippen LogP contribution in [0.3, 0.4) is 0 Å². The molecule has 0 unspecified atom stereocenters. The second-order valence-electron chi connectivity index (χ2n) is 3.82. The van der Waals surface area contributed by atoms with Gasteiger partial charge in [-0.3, -0.25) is 9.36 Å². The number of aromatic hydroxyl groups is 1. The first-order chi connectivity index (χ1) is 8.49. The summed E-state index contributed by atoms with van der Waals surface area (Å²) in [5.41, 5.74) is 0.337. The van der Waals surface area contributed by atoms with Crippen LogP contribution in [-0.2, 0) is 11.8 Å². The first-order valence-corrected chi connectivity index (χ1v) is 5.41. The van der Waals surface area contributed by atoms with Crippen LogP contribution in [0, 0.1) is 6.92 Å². The third-order valence-corrected chi connectivity index (χ3v) is 2.75. The third kappa shape index (κ3) is 1.55. The molecule has 7 heteroatoms. The summed E-state index contributed by atoms with van der Waals surface area (Å²) in [5.74, 6) is -0.165. The van der Waals surface area contributed by atoms with E-state index >= 15 is 0 Å². The molecule has 0 aromatic carbocycles. The number of pyridine rings is 1. The second-order valence-corrected chi connectivity index (χ2v) is 3.82. The predicted molar refractivity (Wildman–Crippen MR) is 63.8 cm³/mol. The Bertz CT molecular complexity index is 684. The van der Waals surface area contributed by atoms with Crippen LogP contribution in [0.5, 0.6) is 5.88 Å². The van der Waals surface area contributed by atoms with Crippen LogP contribution >= 0.6 is 0 Å². The normalized spacial score (nSPS) is 10.8. The van der Waals surface area contributed by atoms with Crippen molar-refractivity contribution in [3.63, 3.8) is 0 Å². The van der Waals surface area contributed by atoms with Crippen molar-refractivity contribution in [1.82, 2.24) is 14.1 Å². The summed E-state index contributed by atoms with van der Waals surface area (Å²) in [4.78, 5) is 27.7. The predicted octanol–water partition coefficient (Wildman–Crippen LogP) is 0.754. The zero-order chi connectivity index (χ0) is 13.4. The van der Waals surface area contributed by atoms with Gasteiger partial charge in [0.15, 0.2) is 5.88 Å². The van der Waals surface area contributed by atoms with E-state index in [4.69, 9.17) is 4.74 Å². The molecule has 96 valence electrons. The van der Waals surface area contributed by atoms with E-state index in [-0.39, 0.29) is 18.0 Å². The minimum absolute atomic E-state index is 0.103. The van der Waals surface area contributed by atoms with Gasteiger partial charge < -0.3 is 9.84 Å². The van der Waals surface area contributed by atoms with Gasteiger partial charge in [-0.25, -0.2) is 14.3 Å². The number of fused-ring (bicyclic) bond motifs is 1. The van der Waals surface area contributed by atoms with E-state index in [1.54, 1.807) is 13.8 Å². The zero-order valence-electron chi connectivity index (χ0n) is 10.3. The molecular formula is C11H13N3O4. The molecule has 2 rings (SSSR count). The molecule has 0 saturated heterocycles. The quantitative estimate of drug-likeness (QED) is 0.808. The Kier molecular flexibility index (Phi) is 2.82. The molecule has 0 spiro atoms. The number of hydrogen-bond donors (Lipinski definition) is 1. The summed E-state index contributed by atoms with van der Waals surface area (Å²) in [7, 11) is 1.42. The number of nitrogens with zero attached hydrogens (tertiary/aromatic N) is 3. The summed E-state index contributed by atoms with van der Waals surface area (Å²) >= 11 is 0. The molecule has 18 heavy (non-hydrogen) atoms. The van der Waals surface area contributed by atoms with Crippen molar-refractivity contribution in [2.45, 2.75) is 13.8 Å². The maximum absolute atomic E-state index is 12.0. The van der Waals surface area contributed by atoms with E-state index in [0.717, 1.165) is 9.13 Å². The smallest absolute Gasteiger partial charge is 0.419 e. The molecule has 2 heterocycles. The lowest BCUT2D eigenvalue weighted by molar-refractivity contribution is 0.155. The van der Waals surface area contributed by atoms with Crippen molar-refractivity contribution in [3.8, 4) is 5.88 Å². The van der Waals surface area contributed by atoms with Crippen LogP contribution in [0.1, 0.15) is 12.5 Å². The first kappa shape index (κ1) is 12.2. The van der Waals surface area contributed by atoms with Crippen molar-refractivity contribution in [1.29, 1.82) is 0 Å². The van der Waals surface area contributed by atoms with Crippen molar-refractivity contribution >= 4 is 17.1 Å². The van der Waals surface area contributed by atoms with E-state index in [1.165, 1.54) is 13.4 Å². The fourth-order valence-corrected chi connectivity index (χ4v) is 1.77. The average Bonchev–Trinajstić information content (AvgIpc) is 2.79. The molecular weight excluding hydrogens is 238 g/mol. The molecule has 0 bridgehead atoms. The minimum Gasteiger partial charge on any atom is -0.494 e. The second kappa shape index (κ2) is 4.17. The molecule has 0 aliphatic carbocycles. The highest BCUT2D eigenvalue weighted by molar-refractivity contribution is 5.88. The highest BCUT2D eigenvalue weighted by Gasteiger charge is 2.19. The van der Waals surface area contributed by atoms with Crippen LogP contribution < -0.4 is 5.56 Å². The highest BCUT2D eigenvalue weighted by Crippen LogP contribution is 2.21. The van der Waals surface area contributed by atoms with Gasteiger partial charge in [0.1, 0.15) is 17.4 Å². The summed E-state index contributed by atoms with van der Waals surface area (Å²) < 4.78 is 6.95. The van der Waals surface area contributed by atoms with Crippen molar-refractivity contribution < 1.29 is 14.6 Å². The first-order valence-electron chi connectivity index (χ1n) is 5.41. The van der Waals surface area contributed by atoms with Gasteiger partial charge in [0, 0.05) is 12.6 Å². The lowest BCUT2D eigenvalue weighted by Gasteiger charge is -2.07. The molecule has 1 N–H and O–H groups in total. The maximum Gasteiger partial charge on any atom is 0.419 e. The van der Waals surface area contributed by atoms with Gasteiger partial charge in [0.25, 0.3) is 5.56 Å². The van der Waals surface area contributed by atoms with Crippen LogP contribution in [0.15, 0.2) is 11.1 Å². The number of hydrogen-bond acceptors (Lipinski definition) is 5. The van der Waals surface area contributed by atoms with Gasteiger partial charge >= 0.3 is 6.09 Å². The average molecular weight is 251 g/mol. The molecule has 0 fully saturated rings. The number of rotatable bonds is 1. The van der Waals surface area contributed by atoms with Crippen molar-refractivity contribution in [2.24, 2.45) is 7.05 Å². The molecule has 0 radical (unpaired) electrons. The Morgan fingerprint density at radius 2 is 2.22 bits per heavy atom. The summed E-state index contributed by atoms with van der Waals surface area (Å²) in [6.07, 6.45) is 0.554. The van der Waals surface area contributed by atoms with Gasteiger partial charge in [0.2, 0.25) is 0 Å². The molecule has 0 aliphatic rings. The van der Waals surface area contributed by atoms with E-state index in [9.17, 15) is 14.7 Å². The number of imidazole rings is 1. The molecule has 0 amide bonds. The van der Waals surface area contributed by atoms with E-state index in [1.807, 2.05) is 0 Å². The number of ether oxygens (including phenoxy) is 1.